The molecule has 6 heteroatoms. The van der Waals surface area contributed by atoms with Crippen molar-refractivity contribution < 1.29 is 4.79 Å². The Kier molecular flexibility index (Phi) is 4.59. The summed E-state index contributed by atoms with van der Waals surface area (Å²) in [6.45, 7) is 3.38. The quantitative estimate of drug-likeness (QED) is 0.772. The van der Waals surface area contributed by atoms with Gasteiger partial charge in [0.05, 0.1) is 16.6 Å². The lowest BCUT2D eigenvalue weighted by molar-refractivity contribution is 0.0695. The Morgan fingerprint density at radius 3 is 2.69 bits per heavy atom. The number of H-pyrrole nitrogens is 1. The van der Waals surface area contributed by atoms with Crippen LogP contribution in [0.1, 0.15) is 33.6 Å². The molecule has 1 fully saturated rings. The van der Waals surface area contributed by atoms with E-state index in [1.165, 1.54) is 23.2 Å². The molecular formula is C20H21N3O2S. The van der Waals surface area contributed by atoms with E-state index in [0.717, 1.165) is 37.9 Å². The molecule has 2 aromatic heterocycles. The van der Waals surface area contributed by atoms with E-state index in [1.807, 2.05) is 17.9 Å². The maximum atomic E-state index is 13.0. The molecule has 1 N–H and O–H groups in total. The number of carbonyl (C=O) groups excluding carboxylic acids is 1. The van der Waals surface area contributed by atoms with Crippen molar-refractivity contribution in [3.8, 4) is 0 Å². The summed E-state index contributed by atoms with van der Waals surface area (Å²) in [5.74, 6) is 0.650. The number of fused-ring (bicyclic) bond motifs is 1. The number of nitrogens with one attached hydrogen (secondary N) is 1. The van der Waals surface area contributed by atoms with E-state index in [9.17, 15) is 9.59 Å². The first-order chi connectivity index (χ1) is 12.6. The third-order valence-electron chi connectivity index (χ3n) is 5.20. The standard InChI is InChI=1S/C20H21N3O2S/c1-13-16-18(24)21-12-22-19(16)26-17(13)20(25)23-9-7-15(8-10-23)11-14-5-3-2-4-6-14/h2-6,12,15H,7-11H2,1H3,(H,21,22,24). The van der Waals surface area contributed by atoms with Gasteiger partial charge in [0.15, 0.2) is 0 Å². The molecule has 5 nitrogen and oxygen atoms in total. The van der Waals surface area contributed by atoms with Crippen molar-refractivity contribution in [3.05, 3.63) is 63.0 Å². The average molecular weight is 367 g/mol. The molecule has 1 aliphatic heterocycles. The largest absolute Gasteiger partial charge is 0.338 e. The number of rotatable bonds is 3. The SMILES string of the molecule is Cc1c(C(=O)N2CCC(Cc3ccccc3)CC2)sc2nc[nH]c(=O)c12. The topological polar surface area (TPSA) is 66.1 Å². The molecule has 0 bridgehead atoms. The van der Waals surface area contributed by atoms with Gasteiger partial charge in [-0.3, -0.25) is 9.59 Å². The summed E-state index contributed by atoms with van der Waals surface area (Å²) in [6, 6.07) is 10.5. The van der Waals surface area contributed by atoms with Crippen LogP contribution in [0.5, 0.6) is 0 Å². The zero-order valence-corrected chi connectivity index (χ0v) is 15.5. The number of aryl methyl sites for hydroxylation is 1. The highest BCUT2D eigenvalue weighted by molar-refractivity contribution is 7.20. The Balaban J connectivity index is 1.46. The van der Waals surface area contributed by atoms with E-state index in [2.05, 4.69) is 34.2 Å². The van der Waals surface area contributed by atoms with Crippen LogP contribution in [0.25, 0.3) is 10.2 Å². The molecular weight excluding hydrogens is 346 g/mol. The third kappa shape index (κ3) is 3.17. The molecule has 3 aromatic rings. The van der Waals surface area contributed by atoms with Crippen LogP contribution in [-0.4, -0.2) is 33.9 Å². The van der Waals surface area contributed by atoms with Crippen LogP contribution in [-0.2, 0) is 6.42 Å². The molecule has 0 unspecified atom stereocenters. The van der Waals surface area contributed by atoms with Crippen molar-refractivity contribution >= 4 is 27.5 Å². The van der Waals surface area contributed by atoms with E-state index in [1.54, 1.807) is 0 Å². The van der Waals surface area contributed by atoms with Gasteiger partial charge in [0.1, 0.15) is 4.83 Å². The fraction of sp³-hybridized carbons (Fsp3) is 0.350. The molecule has 0 atom stereocenters. The summed E-state index contributed by atoms with van der Waals surface area (Å²) >= 11 is 1.32. The fourth-order valence-corrected chi connectivity index (χ4v) is 4.83. The molecule has 1 aromatic carbocycles. The van der Waals surface area contributed by atoms with E-state index in [0.29, 0.717) is 21.0 Å². The molecule has 0 radical (unpaired) electrons. The average Bonchev–Trinajstić information content (AvgIpc) is 3.01. The van der Waals surface area contributed by atoms with E-state index >= 15 is 0 Å². The van der Waals surface area contributed by atoms with Gasteiger partial charge in [0, 0.05) is 13.1 Å². The van der Waals surface area contributed by atoms with Crippen molar-refractivity contribution in [3.63, 3.8) is 0 Å². The van der Waals surface area contributed by atoms with Gasteiger partial charge in [-0.25, -0.2) is 4.98 Å². The fourth-order valence-electron chi connectivity index (χ4n) is 3.71. The Hall–Kier alpha value is -2.47. The van der Waals surface area contributed by atoms with Crippen LogP contribution in [0.3, 0.4) is 0 Å². The zero-order chi connectivity index (χ0) is 18.1. The number of nitrogens with zero attached hydrogens (tertiary/aromatic N) is 2. The summed E-state index contributed by atoms with van der Waals surface area (Å²) < 4.78 is 0. The minimum Gasteiger partial charge on any atom is -0.338 e. The molecule has 3 heterocycles. The monoisotopic (exact) mass is 367 g/mol. The zero-order valence-electron chi connectivity index (χ0n) is 14.7. The first-order valence-corrected chi connectivity index (χ1v) is 9.75. The maximum absolute atomic E-state index is 13.0. The number of hydrogen-bond donors (Lipinski definition) is 1. The van der Waals surface area contributed by atoms with Crippen molar-refractivity contribution in [2.75, 3.05) is 13.1 Å². The molecule has 1 amide bonds. The molecule has 0 aliphatic carbocycles. The van der Waals surface area contributed by atoms with Gasteiger partial charge in [-0.2, -0.15) is 0 Å². The third-order valence-corrected chi connectivity index (χ3v) is 6.38. The van der Waals surface area contributed by atoms with Crippen LogP contribution in [0.4, 0.5) is 0 Å². The normalized spacial score (nSPS) is 15.5. The molecule has 134 valence electrons. The smallest absolute Gasteiger partial charge is 0.264 e. The lowest BCUT2D eigenvalue weighted by Crippen LogP contribution is -2.38. The number of thiophene rings is 1. The Morgan fingerprint density at radius 1 is 1.27 bits per heavy atom. The van der Waals surface area contributed by atoms with Gasteiger partial charge in [-0.1, -0.05) is 30.3 Å². The lowest BCUT2D eigenvalue weighted by Gasteiger charge is -2.32. The number of benzene rings is 1. The second-order valence-electron chi connectivity index (χ2n) is 6.89. The molecule has 1 saturated heterocycles. The van der Waals surface area contributed by atoms with Gasteiger partial charge >= 0.3 is 0 Å². The van der Waals surface area contributed by atoms with Crippen LogP contribution < -0.4 is 5.56 Å². The van der Waals surface area contributed by atoms with Gasteiger partial charge in [-0.15, -0.1) is 11.3 Å². The van der Waals surface area contributed by atoms with E-state index in [-0.39, 0.29) is 11.5 Å². The van der Waals surface area contributed by atoms with E-state index in [4.69, 9.17) is 0 Å². The Morgan fingerprint density at radius 2 is 2.00 bits per heavy atom. The van der Waals surface area contributed by atoms with Gasteiger partial charge in [0.25, 0.3) is 11.5 Å². The summed E-state index contributed by atoms with van der Waals surface area (Å²) in [5, 5.41) is 0.541. The number of aromatic amines is 1. The van der Waals surface area contributed by atoms with Crippen LogP contribution in [0, 0.1) is 12.8 Å². The maximum Gasteiger partial charge on any atom is 0.264 e. The van der Waals surface area contributed by atoms with Crippen molar-refractivity contribution in [1.82, 2.24) is 14.9 Å². The molecule has 1 aliphatic rings. The summed E-state index contributed by atoms with van der Waals surface area (Å²) in [4.78, 5) is 35.0. The molecule has 0 saturated carbocycles. The number of hydrogen-bond acceptors (Lipinski definition) is 4. The summed E-state index contributed by atoms with van der Waals surface area (Å²) in [6.07, 6.45) is 4.50. The molecule has 4 rings (SSSR count). The molecule has 26 heavy (non-hydrogen) atoms. The summed E-state index contributed by atoms with van der Waals surface area (Å²) in [5.41, 5.74) is 1.93. The highest BCUT2D eigenvalue weighted by Crippen LogP contribution is 2.29. The minimum atomic E-state index is -0.177. The second kappa shape index (κ2) is 7.03. The first kappa shape index (κ1) is 17.0. The Bertz CT molecular complexity index is 985. The number of likely N-dealkylation sites (tertiary alicyclic amines) is 1. The molecule has 0 spiro atoms. The van der Waals surface area contributed by atoms with Crippen LogP contribution in [0.15, 0.2) is 41.5 Å². The highest BCUT2D eigenvalue weighted by Gasteiger charge is 2.27. The Labute approximate surface area is 155 Å². The second-order valence-corrected chi connectivity index (χ2v) is 7.89. The summed E-state index contributed by atoms with van der Waals surface area (Å²) in [7, 11) is 0. The first-order valence-electron chi connectivity index (χ1n) is 8.93. The lowest BCUT2D eigenvalue weighted by atomic mass is 9.90. The minimum absolute atomic E-state index is 0.0306. The van der Waals surface area contributed by atoms with Gasteiger partial charge in [-0.05, 0) is 43.2 Å². The van der Waals surface area contributed by atoms with Crippen molar-refractivity contribution in [2.45, 2.75) is 26.2 Å². The number of carbonyl (C=O) groups is 1. The predicted molar refractivity (Wildman–Crippen MR) is 104 cm³/mol. The van der Waals surface area contributed by atoms with E-state index < -0.39 is 0 Å². The van der Waals surface area contributed by atoms with Crippen LogP contribution in [0.2, 0.25) is 0 Å². The number of amides is 1. The number of aromatic nitrogens is 2. The highest BCUT2D eigenvalue weighted by atomic mass is 32.1. The predicted octanol–water partition coefficient (Wildman–Crippen LogP) is 3.39. The van der Waals surface area contributed by atoms with Crippen LogP contribution >= 0.6 is 11.3 Å². The van der Waals surface area contributed by atoms with Crippen molar-refractivity contribution in [2.24, 2.45) is 5.92 Å². The van der Waals surface area contributed by atoms with Gasteiger partial charge < -0.3 is 9.88 Å². The number of piperidine rings is 1. The van der Waals surface area contributed by atoms with Crippen molar-refractivity contribution in [1.29, 1.82) is 0 Å². The van der Waals surface area contributed by atoms with Gasteiger partial charge in [0.2, 0.25) is 0 Å².